The fourth-order valence-electron chi connectivity index (χ4n) is 3.05. The van der Waals surface area contributed by atoms with E-state index in [2.05, 4.69) is 5.16 Å². The van der Waals surface area contributed by atoms with Crippen LogP contribution in [-0.4, -0.2) is 32.6 Å². The van der Waals surface area contributed by atoms with Crippen molar-refractivity contribution in [3.8, 4) is 11.5 Å². The Bertz CT molecular complexity index is 853. The van der Waals surface area contributed by atoms with Gasteiger partial charge in [0.15, 0.2) is 17.6 Å². The molecule has 150 valence electrons. The van der Waals surface area contributed by atoms with Gasteiger partial charge in [0.05, 0.1) is 25.5 Å². The van der Waals surface area contributed by atoms with Crippen LogP contribution in [0.5, 0.6) is 11.5 Å². The number of ether oxygens (including phenoxy) is 2. The predicted molar refractivity (Wildman–Crippen MR) is 97.5 cm³/mol. The van der Waals surface area contributed by atoms with E-state index < -0.39 is 11.7 Å². The molecule has 8 heteroatoms. The highest BCUT2D eigenvalue weighted by molar-refractivity contribution is 6.01. The quantitative estimate of drug-likeness (QED) is 0.784. The normalized spacial score (nSPS) is 16.5. The third-order valence-electron chi connectivity index (χ3n) is 4.51. The minimum Gasteiger partial charge on any atom is -0.493 e. The smallest absolute Gasteiger partial charge is 0.416 e. The van der Waals surface area contributed by atoms with Crippen molar-refractivity contribution in [3.63, 3.8) is 0 Å². The number of hydrogen-bond acceptors (Lipinski definition) is 4. The third kappa shape index (κ3) is 4.75. The molecule has 0 spiro atoms. The number of halogens is 3. The average molecular weight is 395 g/mol. The van der Waals surface area contributed by atoms with Crippen molar-refractivity contribution < 1.29 is 32.8 Å². The van der Waals surface area contributed by atoms with Crippen LogP contribution in [0.1, 0.15) is 23.1 Å². The Morgan fingerprint density at radius 3 is 2.61 bits per heavy atom. The number of hydrogen-bond donors (Lipinski definition) is 1. The van der Waals surface area contributed by atoms with Crippen molar-refractivity contribution in [1.82, 2.24) is 0 Å². The highest BCUT2D eigenvalue weighted by Gasteiger charge is 2.30. The first kappa shape index (κ1) is 20.0. The van der Waals surface area contributed by atoms with Crippen LogP contribution in [0.3, 0.4) is 0 Å². The average Bonchev–Trinajstić information content (AvgIpc) is 3.16. The van der Waals surface area contributed by atoms with E-state index in [9.17, 15) is 13.2 Å². The van der Waals surface area contributed by atoms with Crippen LogP contribution in [0.4, 0.5) is 13.2 Å². The zero-order chi connectivity index (χ0) is 20.1. The molecule has 28 heavy (non-hydrogen) atoms. The van der Waals surface area contributed by atoms with E-state index in [-0.39, 0.29) is 6.10 Å². The number of rotatable bonds is 7. The molecule has 2 aromatic rings. The lowest BCUT2D eigenvalue weighted by Gasteiger charge is -2.10. The second kappa shape index (κ2) is 8.52. The third-order valence-corrected chi connectivity index (χ3v) is 4.51. The summed E-state index contributed by atoms with van der Waals surface area (Å²) in [5, 5.41) is 6.07. The molecule has 0 aliphatic carbocycles. The molecule has 3 rings (SSSR count). The second-order valence-corrected chi connectivity index (χ2v) is 6.47. The van der Waals surface area contributed by atoms with Crippen LogP contribution in [0, 0.1) is 0 Å². The topological polar surface area (TPSA) is 56.7 Å². The predicted octanol–water partition coefficient (Wildman–Crippen LogP) is 2.98. The Hall–Kier alpha value is -2.74. The van der Waals surface area contributed by atoms with Gasteiger partial charge in [0, 0.05) is 17.5 Å². The van der Waals surface area contributed by atoms with Crippen LogP contribution in [-0.2, 0) is 17.6 Å². The number of quaternary nitrogens is 1. The molecule has 0 radical (unpaired) electrons. The maximum Gasteiger partial charge on any atom is 0.416 e. The summed E-state index contributed by atoms with van der Waals surface area (Å²) in [5.74, 6) is 1.25. The monoisotopic (exact) mass is 395 g/mol. The minimum atomic E-state index is -4.33. The molecule has 0 saturated carbocycles. The lowest BCUT2D eigenvalue weighted by atomic mass is 10.0. The van der Waals surface area contributed by atoms with Gasteiger partial charge in [0.1, 0.15) is 13.1 Å². The van der Waals surface area contributed by atoms with Crippen molar-refractivity contribution in [1.29, 1.82) is 0 Å². The maximum atomic E-state index is 12.8. The van der Waals surface area contributed by atoms with Gasteiger partial charge in [-0.15, -0.1) is 0 Å². The SMILES string of the molecule is COc1ccc(C2=NO[C@@H](C[NH2+]Cc3cccc(C(F)(F)F)c3)C2)cc1OC. The summed E-state index contributed by atoms with van der Waals surface area (Å²) in [5.41, 5.74) is 1.68. The summed E-state index contributed by atoms with van der Waals surface area (Å²) in [6, 6.07) is 10.9. The van der Waals surface area contributed by atoms with Crippen LogP contribution in [0.2, 0.25) is 0 Å². The zero-order valence-electron chi connectivity index (χ0n) is 15.6. The van der Waals surface area contributed by atoms with E-state index in [1.165, 1.54) is 12.1 Å². The van der Waals surface area contributed by atoms with Crippen LogP contribution >= 0.6 is 0 Å². The molecule has 1 heterocycles. The van der Waals surface area contributed by atoms with Crippen LogP contribution in [0.25, 0.3) is 0 Å². The van der Waals surface area contributed by atoms with Crippen LogP contribution < -0.4 is 14.8 Å². The summed E-state index contributed by atoms with van der Waals surface area (Å²) >= 11 is 0. The van der Waals surface area contributed by atoms with Gasteiger partial charge < -0.3 is 19.6 Å². The van der Waals surface area contributed by atoms with Crippen molar-refractivity contribution in [2.75, 3.05) is 20.8 Å². The molecule has 0 saturated heterocycles. The van der Waals surface area contributed by atoms with Gasteiger partial charge >= 0.3 is 6.18 Å². The van der Waals surface area contributed by atoms with Gasteiger partial charge in [-0.05, 0) is 30.3 Å². The Morgan fingerprint density at radius 1 is 1.11 bits per heavy atom. The standard InChI is InChI=1S/C20H21F3N2O3/c1-26-18-7-6-14(9-19(18)27-2)17-10-16(28-25-17)12-24-11-13-4-3-5-15(8-13)20(21,22)23/h3-9,16,24H,10-12H2,1-2H3/p+1/t16-/m1/s1. The van der Waals surface area contributed by atoms with Crippen molar-refractivity contribution in [2.24, 2.45) is 5.16 Å². The van der Waals surface area contributed by atoms with E-state index in [1.54, 1.807) is 20.3 Å². The summed E-state index contributed by atoms with van der Waals surface area (Å²) in [7, 11) is 3.14. The Balaban J connectivity index is 1.53. The first-order valence-corrected chi connectivity index (χ1v) is 8.83. The lowest BCUT2D eigenvalue weighted by molar-refractivity contribution is -0.676. The largest absolute Gasteiger partial charge is 0.493 e. The lowest BCUT2D eigenvalue weighted by Crippen LogP contribution is -2.84. The summed E-state index contributed by atoms with van der Waals surface area (Å²) < 4.78 is 48.9. The van der Waals surface area contributed by atoms with Crippen molar-refractivity contribution in [3.05, 3.63) is 59.2 Å². The molecular weight excluding hydrogens is 373 g/mol. The van der Waals surface area contributed by atoms with Crippen molar-refractivity contribution >= 4 is 5.71 Å². The number of methoxy groups -OCH3 is 2. The van der Waals surface area contributed by atoms with E-state index >= 15 is 0 Å². The molecular formula is C20H22F3N2O3+. The molecule has 0 unspecified atom stereocenters. The molecule has 5 nitrogen and oxygen atoms in total. The second-order valence-electron chi connectivity index (χ2n) is 6.47. The van der Waals surface area contributed by atoms with E-state index in [0.29, 0.717) is 36.6 Å². The molecule has 0 bridgehead atoms. The Morgan fingerprint density at radius 2 is 1.89 bits per heavy atom. The van der Waals surface area contributed by atoms with Gasteiger partial charge in [0.25, 0.3) is 0 Å². The van der Waals surface area contributed by atoms with Crippen molar-refractivity contribution in [2.45, 2.75) is 25.2 Å². The maximum absolute atomic E-state index is 12.8. The molecule has 1 aliphatic heterocycles. The number of nitrogens with two attached hydrogens (primary N) is 1. The molecule has 1 aliphatic rings. The Kier molecular flexibility index (Phi) is 6.08. The first-order valence-electron chi connectivity index (χ1n) is 8.83. The highest BCUT2D eigenvalue weighted by atomic mass is 19.4. The van der Waals surface area contributed by atoms with Gasteiger partial charge in [-0.25, -0.2) is 0 Å². The minimum absolute atomic E-state index is 0.131. The summed E-state index contributed by atoms with van der Waals surface area (Å²) in [6.45, 7) is 1.03. The fraction of sp³-hybridized carbons (Fsp3) is 0.350. The molecule has 0 aromatic heterocycles. The number of benzene rings is 2. The molecule has 0 amide bonds. The number of alkyl halides is 3. The molecule has 2 N–H and O–H groups in total. The molecule has 2 aromatic carbocycles. The number of oxime groups is 1. The zero-order valence-corrected chi connectivity index (χ0v) is 15.6. The van der Waals surface area contributed by atoms with Crippen LogP contribution in [0.15, 0.2) is 47.6 Å². The van der Waals surface area contributed by atoms with E-state index in [1.807, 2.05) is 23.5 Å². The molecule has 0 fully saturated rings. The van der Waals surface area contributed by atoms with Gasteiger partial charge in [0.2, 0.25) is 0 Å². The van der Waals surface area contributed by atoms with Gasteiger partial charge in [-0.1, -0.05) is 17.3 Å². The first-order chi connectivity index (χ1) is 13.4. The highest BCUT2D eigenvalue weighted by Crippen LogP contribution is 2.30. The Labute approximate surface area is 161 Å². The summed E-state index contributed by atoms with van der Waals surface area (Å²) in [6.07, 6.45) is -3.84. The fourth-order valence-corrected chi connectivity index (χ4v) is 3.05. The van der Waals surface area contributed by atoms with Gasteiger partial charge in [-0.3, -0.25) is 0 Å². The molecule has 1 atom stereocenters. The number of nitrogens with zero attached hydrogens (tertiary/aromatic N) is 1. The summed E-state index contributed by atoms with van der Waals surface area (Å²) in [4.78, 5) is 5.47. The van der Waals surface area contributed by atoms with E-state index in [4.69, 9.17) is 14.3 Å². The van der Waals surface area contributed by atoms with Gasteiger partial charge in [-0.2, -0.15) is 13.2 Å². The van der Waals surface area contributed by atoms with E-state index in [0.717, 1.165) is 17.3 Å².